The summed E-state index contributed by atoms with van der Waals surface area (Å²) in [5.74, 6) is 0.688. The maximum atomic E-state index is 9.75. The molecule has 2 heteroatoms. The molecule has 0 saturated heterocycles. The van der Waals surface area contributed by atoms with Crippen molar-refractivity contribution in [3.63, 3.8) is 0 Å². The monoisotopic (exact) mass is 222 g/mol. The number of hydrogen-bond donors (Lipinski definition) is 0. The Balaban J connectivity index is 0.000000187. The van der Waals surface area contributed by atoms with E-state index in [-0.39, 0.29) is 5.97 Å². The molecule has 0 aromatic rings. The molecule has 0 heterocycles. The van der Waals surface area contributed by atoms with Crippen LogP contribution in [-0.2, 0) is 9.53 Å². The molecule has 2 nitrogen and oxygen atoms in total. The number of hydrogen-bond acceptors (Lipinski definition) is 2. The van der Waals surface area contributed by atoms with Crippen LogP contribution in [0.15, 0.2) is 24.5 Å². The van der Waals surface area contributed by atoms with Gasteiger partial charge in [-0.15, -0.1) is 0 Å². The zero-order chi connectivity index (χ0) is 11.8. The second kappa shape index (κ2) is 7.26. The number of allylic oxidation sites excluding steroid dienone is 2. The fourth-order valence-corrected chi connectivity index (χ4v) is 2.48. The molecule has 0 aromatic heterocycles. The van der Waals surface area contributed by atoms with Gasteiger partial charge in [0.25, 0.3) is 0 Å². The van der Waals surface area contributed by atoms with Crippen LogP contribution in [0.2, 0.25) is 0 Å². The van der Waals surface area contributed by atoms with E-state index in [1.165, 1.54) is 51.9 Å². The Hall–Kier alpha value is -1.05. The van der Waals surface area contributed by atoms with Crippen LogP contribution in [0.3, 0.4) is 0 Å². The zero-order valence-electron chi connectivity index (χ0n) is 10.2. The van der Waals surface area contributed by atoms with Crippen molar-refractivity contribution < 1.29 is 9.53 Å². The fourth-order valence-electron chi connectivity index (χ4n) is 2.48. The van der Waals surface area contributed by atoms with Gasteiger partial charge in [0, 0.05) is 6.92 Å². The highest BCUT2D eigenvalue weighted by Crippen LogP contribution is 2.36. The third-order valence-corrected chi connectivity index (χ3v) is 3.20. The average Bonchev–Trinajstić information content (AvgIpc) is 2.30. The number of esters is 1. The Kier molecular flexibility index (Phi) is 5.91. The van der Waals surface area contributed by atoms with Gasteiger partial charge in [-0.2, -0.15) is 0 Å². The predicted molar refractivity (Wildman–Crippen MR) is 65.9 cm³/mol. The molecule has 2 aliphatic rings. The second-order valence-corrected chi connectivity index (χ2v) is 4.43. The van der Waals surface area contributed by atoms with Crippen molar-refractivity contribution in [2.24, 2.45) is 5.92 Å². The van der Waals surface area contributed by atoms with Crippen LogP contribution >= 0.6 is 0 Å². The number of carbonyl (C=O) groups is 1. The summed E-state index contributed by atoms with van der Waals surface area (Å²) in [6.45, 7) is 4.48. The van der Waals surface area contributed by atoms with E-state index < -0.39 is 0 Å². The minimum Gasteiger partial charge on any atom is -0.435 e. The van der Waals surface area contributed by atoms with Crippen LogP contribution in [0.4, 0.5) is 0 Å². The van der Waals surface area contributed by atoms with Crippen molar-refractivity contribution in [1.29, 1.82) is 0 Å². The molecule has 0 N–H and O–H groups in total. The standard InChI is InChI=1S/C10H16.C4H6O2/c1-2-6-10-8-4-3-7-9(10)5-1;1-3-6-4(2)5/h5,10H,1-4,6-8H2;3H,1H2,2H3. The average molecular weight is 222 g/mol. The van der Waals surface area contributed by atoms with Crippen LogP contribution in [0.5, 0.6) is 0 Å². The summed E-state index contributed by atoms with van der Waals surface area (Å²) in [7, 11) is 0. The van der Waals surface area contributed by atoms with Crippen molar-refractivity contribution in [3.05, 3.63) is 24.5 Å². The van der Waals surface area contributed by atoms with Gasteiger partial charge in [0.2, 0.25) is 0 Å². The van der Waals surface area contributed by atoms with Gasteiger partial charge in [0.05, 0.1) is 6.26 Å². The lowest BCUT2D eigenvalue weighted by atomic mass is 9.78. The summed E-state index contributed by atoms with van der Waals surface area (Å²) in [6.07, 6.45) is 13.8. The third-order valence-electron chi connectivity index (χ3n) is 3.20. The lowest BCUT2D eigenvalue weighted by Gasteiger charge is -2.28. The lowest BCUT2D eigenvalue weighted by Crippen LogP contribution is -2.12. The molecule has 0 bridgehead atoms. The SMILES string of the molecule is C1=C2CCCCC2CCC1.C=COC(C)=O. The largest absolute Gasteiger partial charge is 0.435 e. The zero-order valence-corrected chi connectivity index (χ0v) is 10.2. The van der Waals surface area contributed by atoms with Gasteiger partial charge in [-0.1, -0.05) is 24.6 Å². The first-order chi connectivity index (χ1) is 7.74. The maximum Gasteiger partial charge on any atom is 0.307 e. The van der Waals surface area contributed by atoms with Crippen molar-refractivity contribution in [1.82, 2.24) is 0 Å². The van der Waals surface area contributed by atoms with Crippen LogP contribution in [0.25, 0.3) is 0 Å². The van der Waals surface area contributed by atoms with E-state index >= 15 is 0 Å². The lowest BCUT2D eigenvalue weighted by molar-refractivity contribution is -0.135. The first kappa shape index (κ1) is 13.0. The van der Waals surface area contributed by atoms with E-state index in [1.54, 1.807) is 5.57 Å². The van der Waals surface area contributed by atoms with Crippen molar-refractivity contribution >= 4 is 5.97 Å². The Bertz CT molecular complexity index is 266. The fraction of sp³-hybridized carbons (Fsp3) is 0.643. The van der Waals surface area contributed by atoms with Gasteiger partial charge in [-0.05, 0) is 44.4 Å². The predicted octanol–water partition coefficient (Wildman–Crippen LogP) is 3.98. The first-order valence-corrected chi connectivity index (χ1v) is 6.21. The van der Waals surface area contributed by atoms with Crippen LogP contribution in [0, 0.1) is 5.92 Å². The van der Waals surface area contributed by atoms with Crippen molar-refractivity contribution in [2.75, 3.05) is 0 Å². The van der Waals surface area contributed by atoms with Gasteiger partial charge in [-0.3, -0.25) is 4.79 Å². The molecule has 0 spiro atoms. The van der Waals surface area contributed by atoms with E-state index in [2.05, 4.69) is 17.4 Å². The summed E-state index contributed by atoms with van der Waals surface area (Å²) in [5, 5.41) is 0. The molecule has 0 amide bonds. The van der Waals surface area contributed by atoms with Gasteiger partial charge >= 0.3 is 5.97 Å². The van der Waals surface area contributed by atoms with E-state index in [0.717, 1.165) is 12.2 Å². The van der Waals surface area contributed by atoms with E-state index in [1.807, 2.05) is 0 Å². The van der Waals surface area contributed by atoms with Crippen molar-refractivity contribution in [2.45, 2.75) is 51.9 Å². The van der Waals surface area contributed by atoms with Gasteiger partial charge in [0.15, 0.2) is 0 Å². The Labute approximate surface area is 98.4 Å². The van der Waals surface area contributed by atoms with E-state index in [4.69, 9.17) is 0 Å². The highest BCUT2D eigenvalue weighted by molar-refractivity contribution is 5.66. The Morgan fingerprint density at radius 1 is 1.44 bits per heavy atom. The summed E-state index contributed by atoms with van der Waals surface area (Å²) >= 11 is 0. The third kappa shape index (κ3) is 4.65. The summed E-state index contributed by atoms with van der Waals surface area (Å²) < 4.78 is 4.17. The topological polar surface area (TPSA) is 26.3 Å². The molecule has 1 fully saturated rings. The minimum atomic E-state index is -0.329. The molecule has 0 aromatic carbocycles. The Morgan fingerprint density at radius 3 is 2.75 bits per heavy atom. The molecule has 0 radical (unpaired) electrons. The minimum absolute atomic E-state index is 0.329. The molecule has 1 unspecified atom stereocenters. The van der Waals surface area contributed by atoms with Gasteiger partial charge in [-0.25, -0.2) is 0 Å². The quantitative estimate of drug-likeness (QED) is 0.381. The highest BCUT2D eigenvalue weighted by Gasteiger charge is 2.20. The molecule has 16 heavy (non-hydrogen) atoms. The number of rotatable bonds is 1. The number of fused-ring (bicyclic) bond motifs is 1. The van der Waals surface area contributed by atoms with Crippen LogP contribution in [0.1, 0.15) is 51.9 Å². The molecule has 90 valence electrons. The smallest absolute Gasteiger partial charge is 0.307 e. The van der Waals surface area contributed by atoms with E-state index in [9.17, 15) is 4.79 Å². The number of carbonyl (C=O) groups excluding carboxylic acids is 1. The molecule has 2 rings (SSSR count). The molecule has 1 atom stereocenters. The molecular weight excluding hydrogens is 200 g/mol. The van der Waals surface area contributed by atoms with Crippen LogP contribution in [-0.4, -0.2) is 5.97 Å². The summed E-state index contributed by atoms with van der Waals surface area (Å²) in [6, 6.07) is 0. The van der Waals surface area contributed by atoms with Gasteiger partial charge < -0.3 is 4.74 Å². The maximum absolute atomic E-state index is 9.75. The molecular formula is C14H22O2. The Morgan fingerprint density at radius 2 is 2.19 bits per heavy atom. The molecule has 0 aliphatic heterocycles. The first-order valence-electron chi connectivity index (χ1n) is 6.21. The molecule has 2 aliphatic carbocycles. The highest BCUT2D eigenvalue weighted by atomic mass is 16.5. The second-order valence-electron chi connectivity index (χ2n) is 4.43. The number of ether oxygens (including phenoxy) is 1. The summed E-state index contributed by atoms with van der Waals surface area (Å²) in [5.41, 5.74) is 1.80. The normalized spacial score (nSPS) is 23.1. The molecule has 1 saturated carbocycles. The summed E-state index contributed by atoms with van der Waals surface area (Å²) in [4.78, 5) is 9.75. The van der Waals surface area contributed by atoms with Crippen molar-refractivity contribution in [3.8, 4) is 0 Å². The van der Waals surface area contributed by atoms with E-state index in [0.29, 0.717) is 0 Å². The van der Waals surface area contributed by atoms with Crippen LogP contribution < -0.4 is 0 Å². The van der Waals surface area contributed by atoms with Gasteiger partial charge in [0.1, 0.15) is 0 Å².